The van der Waals surface area contributed by atoms with Gasteiger partial charge in [-0.1, -0.05) is 35.3 Å². The van der Waals surface area contributed by atoms with Gasteiger partial charge in [0.2, 0.25) is 5.43 Å². The number of nitrogens with zero attached hydrogens (tertiary/aromatic N) is 5. The van der Waals surface area contributed by atoms with Crippen molar-refractivity contribution >= 4 is 29.0 Å². The van der Waals surface area contributed by atoms with Crippen LogP contribution in [0.5, 0.6) is 11.5 Å². The van der Waals surface area contributed by atoms with Gasteiger partial charge in [0.25, 0.3) is 0 Å². The van der Waals surface area contributed by atoms with Crippen molar-refractivity contribution < 1.29 is 13.9 Å². The second-order valence-electron chi connectivity index (χ2n) is 7.89. The van der Waals surface area contributed by atoms with Crippen LogP contribution in [0.25, 0.3) is 11.1 Å². The normalized spacial score (nSPS) is 13.0. The smallest absolute Gasteiger partial charge is 0.219 e. The van der Waals surface area contributed by atoms with Gasteiger partial charge in [-0.3, -0.25) is 14.3 Å². The van der Waals surface area contributed by atoms with Crippen LogP contribution in [0.3, 0.4) is 0 Å². The van der Waals surface area contributed by atoms with Gasteiger partial charge in [0.05, 0.1) is 24.9 Å². The van der Waals surface area contributed by atoms with Crippen molar-refractivity contribution in [2.45, 2.75) is 25.3 Å². The van der Waals surface area contributed by atoms with Crippen LogP contribution in [0.1, 0.15) is 35.2 Å². The second-order valence-corrected chi connectivity index (χ2v) is 8.63. The zero-order valence-corrected chi connectivity index (χ0v) is 19.5. The minimum atomic E-state index is -0.525. The van der Waals surface area contributed by atoms with Crippen molar-refractivity contribution in [3.8, 4) is 22.6 Å². The number of halogens is 3. The zero-order chi connectivity index (χ0) is 24.5. The number of aromatic nitrogens is 5. The molecule has 0 atom stereocenters. The fourth-order valence-corrected chi connectivity index (χ4v) is 3.67. The summed E-state index contributed by atoms with van der Waals surface area (Å²) < 4.78 is 20.6. The van der Waals surface area contributed by atoms with Crippen LogP contribution in [0.2, 0.25) is 10.2 Å². The van der Waals surface area contributed by atoms with Gasteiger partial charge in [-0.2, -0.15) is 5.10 Å². The Morgan fingerprint density at radius 2 is 1.80 bits per heavy atom. The van der Waals surface area contributed by atoms with Gasteiger partial charge in [0.15, 0.2) is 28.1 Å². The van der Waals surface area contributed by atoms with Crippen LogP contribution in [-0.4, -0.2) is 30.5 Å². The van der Waals surface area contributed by atoms with Crippen molar-refractivity contribution in [2.75, 3.05) is 0 Å². The number of pyridine rings is 1. The van der Waals surface area contributed by atoms with E-state index < -0.39 is 17.0 Å². The average Bonchev–Trinajstić information content (AvgIpc) is 3.70. The number of ketones is 1. The molecule has 1 aliphatic rings. The third kappa shape index (κ3) is 5.06. The van der Waals surface area contributed by atoms with E-state index in [4.69, 9.17) is 27.9 Å². The molecule has 1 aliphatic carbocycles. The van der Waals surface area contributed by atoms with E-state index in [2.05, 4.69) is 20.1 Å². The van der Waals surface area contributed by atoms with Gasteiger partial charge in [0, 0.05) is 24.0 Å². The first-order valence-corrected chi connectivity index (χ1v) is 11.4. The van der Waals surface area contributed by atoms with Crippen LogP contribution in [-0.2, 0) is 6.42 Å². The summed E-state index contributed by atoms with van der Waals surface area (Å²) in [5, 5.41) is 4.54. The molecule has 0 radical (unpaired) electrons. The Hall–Kier alpha value is -3.69. The highest BCUT2D eigenvalue weighted by Gasteiger charge is 2.27. The summed E-state index contributed by atoms with van der Waals surface area (Å²) in [5.41, 5.74) is 0.0613. The predicted molar refractivity (Wildman–Crippen MR) is 127 cm³/mol. The largest absolute Gasteiger partial charge is 0.452 e. The topological polar surface area (TPSA) is 99.9 Å². The molecule has 4 aromatic rings. The van der Waals surface area contributed by atoms with E-state index in [1.807, 2.05) is 0 Å². The third-order valence-corrected chi connectivity index (χ3v) is 6.06. The van der Waals surface area contributed by atoms with Crippen molar-refractivity contribution in [3.63, 3.8) is 0 Å². The molecular weight excluding hydrogens is 496 g/mol. The minimum absolute atomic E-state index is 0.0968. The Morgan fingerprint density at radius 1 is 1.09 bits per heavy atom. The number of hydrogen-bond acceptors (Lipinski definition) is 7. The molecule has 1 aromatic carbocycles. The molecule has 0 aliphatic heterocycles. The van der Waals surface area contributed by atoms with E-state index in [9.17, 15) is 14.0 Å². The third-order valence-electron chi connectivity index (χ3n) is 5.32. The predicted octanol–water partition coefficient (Wildman–Crippen LogP) is 5.09. The highest BCUT2D eigenvalue weighted by molar-refractivity contribution is 6.42. The van der Waals surface area contributed by atoms with E-state index in [0.29, 0.717) is 5.56 Å². The van der Waals surface area contributed by atoms with Crippen LogP contribution in [0.15, 0.2) is 59.9 Å². The van der Waals surface area contributed by atoms with Gasteiger partial charge in [-0.15, -0.1) is 0 Å². The fraction of sp³-hybridized carbons (Fsp3) is 0.167. The lowest BCUT2D eigenvalue weighted by atomic mass is 10.0. The SMILES string of the molecule is O=C(Cc1ncc(Oc2ccnc(Cl)c2Cl)cn1)c1nn(C2CC2)cc(-c2ccc(F)cc2)c1=O. The lowest BCUT2D eigenvalue weighted by Gasteiger charge is -2.10. The maximum Gasteiger partial charge on any atom is 0.219 e. The molecule has 35 heavy (non-hydrogen) atoms. The standard InChI is InChI=1S/C24H16Cl2FN5O3/c25-21-19(7-8-28-24(21)26)35-16-10-29-20(30-11-16)9-18(33)22-23(34)17(12-32(31-22)15-5-6-15)13-1-3-14(27)4-2-13/h1-4,7-8,10-12,15H,5-6,9H2. The van der Waals surface area contributed by atoms with Crippen molar-refractivity contribution in [1.82, 2.24) is 24.7 Å². The first kappa shape index (κ1) is 23.1. The molecule has 3 aromatic heterocycles. The molecule has 0 N–H and O–H groups in total. The Bertz CT molecular complexity index is 1470. The number of Topliss-reactive ketones (excluding diaryl/α,β-unsaturated/α-hetero) is 1. The molecule has 1 fully saturated rings. The van der Waals surface area contributed by atoms with E-state index in [0.717, 1.165) is 12.8 Å². The summed E-state index contributed by atoms with van der Waals surface area (Å²) >= 11 is 12.0. The number of carbonyl (C=O) groups excluding carboxylic acids is 1. The second kappa shape index (κ2) is 9.52. The van der Waals surface area contributed by atoms with E-state index >= 15 is 0 Å². The van der Waals surface area contributed by atoms with Crippen molar-refractivity contribution in [3.05, 3.63) is 92.9 Å². The summed E-state index contributed by atoms with van der Waals surface area (Å²) in [6, 6.07) is 7.20. The highest BCUT2D eigenvalue weighted by Crippen LogP contribution is 2.35. The highest BCUT2D eigenvalue weighted by atomic mass is 35.5. The molecule has 0 saturated heterocycles. The quantitative estimate of drug-likeness (QED) is 0.251. The van der Waals surface area contributed by atoms with E-state index in [1.54, 1.807) is 10.9 Å². The molecule has 11 heteroatoms. The summed E-state index contributed by atoms with van der Waals surface area (Å²) in [4.78, 5) is 38.3. The van der Waals surface area contributed by atoms with Crippen molar-refractivity contribution in [2.24, 2.45) is 0 Å². The van der Waals surface area contributed by atoms with E-state index in [1.165, 1.54) is 48.9 Å². The van der Waals surface area contributed by atoms with Gasteiger partial charge in [-0.25, -0.2) is 19.3 Å². The Morgan fingerprint density at radius 3 is 2.49 bits per heavy atom. The molecule has 176 valence electrons. The lowest BCUT2D eigenvalue weighted by molar-refractivity contribution is 0.0982. The monoisotopic (exact) mass is 511 g/mol. The molecule has 0 bridgehead atoms. The summed E-state index contributed by atoms with van der Waals surface area (Å²) in [6.07, 6.45) is 7.40. The van der Waals surface area contributed by atoms with Gasteiger partial charge in [0.1, 0.15) is 16.7 Å². The molecule has 1 saturated carbocycles. The molecule has 0 unspecified atom stereocenters. The minimum Gasteiger partial charge on any atom is -0.452 e. The molecule has 8 nitrogen and oxygen atoms in total. The average molecular weight is 512 g/mol. The molecule has 0 spiro atoms. The molecule has 5 rings (SSSR count). The number of benzene rings is 1. The fourth-order valence-electron chi connectivity index (χ4n) is 3.37. The van der Waals surface area contributed by atoms with Crippen LogP contribution in [0.4, 0.5) is 4.39 Å². The summed E-state index contributed by atoms with van der Waals surface area (Å²) in [7, 11) is 0. The molecule has 0 amide bonds. The molecular formula is C24H16Cl2FN5O3. The Kier molecular flexibility index (Phi) is 6.27. The maximum atomic E-state index is 13.4. The van der Waals surface area contributed by atoms with Crippen LogP contribution in [0, 0.1) is 5.82 Å². The van der Waals surface area contributed by atoms with Crippen LogP contribution >= 0.6 is 23.2 Å². The first-order valence-electron chi connectivity index (χ1n) is 10.6. The number of rotatable bonds is 7. The summed E-state index contributed by atoms with van der Waals surface area (Å²) in [5.74, 6) is -0.196. The van der Waals surface area contributed by atoms with Gasteiger partial charge < -0.3 is 4.74 Å². The Labute approximate surface area is 208 Å². The maximum absolute atomic E-state index is 13.4. The lowest BCUT2D eigenvalue weighted by Crippen LogP contribution is -2.25. The van der Waals surface area contributed by atoms with Gasteiger partial charge in [-0.05, 0) is 30.5 Å². The number of ether oxygens (including phenoxy) is 1. The molecule has 3 heterocycles. The number of carbonyl (C=O) groups is 1. The Balaban J connectivity index is 1.39. The van der Waals surface area contributed by atoms with Crippen molar-refractivity contribution in [1.29, 1.82) is 0 Å². The first-order chi connectivity index (χ1) is 16.9. The zero-order valence-electron chi connectivity index (χ0n) is 18.0. The van der Waals surface area contributed by atoms with Crippen LogP contribution < -0.4 is 10.2 Å². The van der Waals surface area contributed by atoms with E-state index in [-0.39, 0.29) is 51.2 Å². The summed E-state index contributed by atoms with van der Waals surface area (Å²) in [6.45, 7) is 0. The van der Waals surface area contributed by atoms with Gasteiger partial charge >= 0.3 is 0 Å². The number of hydrogen-bond donors (Lipinski definition) is 0.